The Hall–Kier alpha value is -1.84. The Labute approximate surface area is 119 Å². The van der Waals surface area contributed by atoms with Crippen LogP contribution >= 0.6 is 0 Å². The molecular weight excluding hydrogens is 313 g/mol. The van der Waals surface area contributed by atoms with Gasteiger partial charge in [0.1, 0.15) is 12.3 Å². The molecule has 0 bridgehead atoms. The maximum Gasteiger partial charge on any atom is 0.315 e. The van der Waals surface area contributed by atoms with E-state index in [-0.39, 0.29) is 11.9 Å². The van der Waals surface area contributed by atoms with Gasteiger partial charge in [-0.25, -0.2) is 17.8 Å². The molecule has 0 atom stereocenters. The lowest BCUT2D eigenvalue weighted by atomic mass is 10.4. The van der Waals surface area contributed by atoms with Gasteiger partial charge in [-0.3, -0.25) is 0 Å². The van der Waals surface area contributed by atoms with E-state index in [9.17, 15) is 21.6 Å². The van der Waals surface area contributed by atoms with Gasteiger partial charge in [-0.2, -0.15) is 8.78 Å². The fourth-order valence-corrected chi connectivity index (χ4v) is 2.14. The lowest BCUT2D eigenvalue weighted by Crippen LogP contribution is -2.07. The first-order valence-corrected chi connectivity index (χ1v) is 7.45. The fraction of sp³-hybridized carbons (Fsp3) is 0.455. The Kier molecular flexibility index (Phi) is 5.94. The number of oxazole rings is 1. The summed E-state index contributed by atoms with van der Waals surface area (Å²) in [6.07, 6.45) is -1.49. The quantitative estimate of drug-likeness (QED) is 0.568. The van der Waals surface area contributed by atoms with Gasteiger partial charge in [-0.1, -0.05) is 5.16 Å². The first kappa shape index (κ1) is 17.2. The average Bonchev–Trinajstić information content (AvgIpc) is 2.85. The van der Waals surface area contributed by atoms with Crippen molar-refractivity contribution in [2.24, 2.45) is 5.16 Å². The van der Waals surface area contributed by atoms with E-state index in [1.54, 1.807) is 13.8 Å². The third kappa shape index (κ3) is 5.58. The normalized spacial score (nSPS) is 12.1. The highest BCUT2D eigenvalue weighted by atomic mass is 32.2. The highest BCUT2D eigenvalue weighted by Gasteiger charge is 2.22. The van der Waals surface area contributed by atoms with Crippen molar-refractivity contribution in [3.63, 3.8) is 0 Å². The van der Waals surface area contributed by atoms with E-state index < -0.39 is 39.1 Å². The van der Waals surface area contributed by atoms with Gasteiger partial charge >= 0.3 is 11.3 Å². The maximum absolute atomic E-state index is 12.6. The van der Waals surface area contributed by atoms with E-state index in [0.29, 0.717) is 0 Å². The molecule has 0 aromatic carbocycles. The number of hydrogen-bond acceptors (Lipinski definition) is 6. The Morgan fingerprint density at radius 3 is 2.71 bits per heavy atom. The summed E-state index contributed by atoms with van der Waals surface area (Å²) in [7, 11) is -4.10. The van der Waals surface area contributed by atoms with E-state index in [2.05, 4.69) is 10.1 Å². The van der Waals surface area contributed by atoms with Crippen molar-refractivity contribution in [2.45, 2.75) is 31.6 Å². The van der Waals surface area contributed by atoms with E-state index in [1.165, 1.54) is 0 Å². The smallest absolute Gasteiger partial charge is 0.315 e. The molecule has 0 amide bonds. The molecule has 6 nitrogen and oxygen atoms in total. The van der Waals surface area contributed by atoms with E-state index in [4.69, 9.17) is 9.25 Å². The van der Waals surface area contributed by atoms with Crippen molar-refractivity contribution >= 4 is 16.1 Å². The van der Waals surface area contributed by atoms with Gasteiger partial charge in [-0.05, 0) is 13.8 Å². The van der Waals surface area contributed by atoms with Gasteiger partial charge < -0.3 is 9.25 Å². The monoisotopic (exact) mass is 326 g/mol. The minimum absolute atomic E-state index is 0.00177. The Morgan fingerprint density at radius 1 is 1.48 bits per heavy atom. The van der Waals surface area contributed by atoms with Crippen molar-refractivity contribution in [3.05, 3.63) is 23.9 Å². The molecule has 0 aliphatic carbocycles. The van der Waals surface area contributed by atoms with Crippen molar-refractivity contribution in [2.75, 3.05) is 5.75 Å². The summed E-state index contributed by atoms with van der Waals surface area (Å²) in [5, 5.41) is 2.82. The lowest BCUT2D eigenvalue weighted by Gasteiger charge is -1.99. The third-order valence-electron chi connectivity index (χ3n) is 2.02. The van der Waals surface area contributed by atoms with E-state index in [0.717, 1.165) is 12.4 Å². The minimum atomic E-state index is -4.10. The van der Waals surface area contributed by atoms with Crippen LogP contribution in [0.2, 0.25) is 0 Å². The van der Waals surface area contributed by atoms with Crippen LogP contribution in [-0.4, -0.2) is 31.5 Å². The molecule has 0 radical (unpaired) electrons. The summed E-state index contributed by atoms with van der Waals surface area (Å²) in [6, 6.07) is 0. The predicted octanol–water partition coefficient (Wildman–Crippen LogP) is 2.67. The molecule has 1 rings (SSSR count). The molecule has 0 N–H and O–H groups in total. The van der Waals surface area contributed by atoms with Crippen LogP contribution in [0.5, 0.6) is 0 Å². The number of oxime groups is 1. The average molecular weight is 326 g/mol. The van der Waals surface area contributed by atoms with Crippen LogP contribution in [0.25, 0.3) is 0 Å². The first-order valence-electron chi connectivity index (χ1n) is 5.80. The van der Waals surface area contributed by atoms with Gasteiger partial charge in [0.05, 0.1) is 11.9 Å². The lowest BCUT2D eigenvalue weighted by molar-refractivity contribution is 0.0870. The molecule has 0 fully saturated rings. The highest BCUT2D eigenvalue weighted by molar-refractivity contribution is 7.91. The van der Waals surface area contributed by atoms with Gasteiger partial charge in [0, 0.05) is 6.42 Å². The number of aromatic nitrogens is 1. The molecule has 1 heterocycles. The number of allylic oxidation sites excluding steroid dienone is 1. The zero-order chi connectivity index (χ0) is 16.0. The number of nitrogens with zero attached hydrogens (tertiary/aromatic N) is 2. The molecule has 0 saturated heterocycles. The minimum Gasteiger partial charge on any atom is -0.427 e. The standard InChI is InChI=1S/C11H13F3N2O4S/c1-7(2)20-16-6-8-5-15-11(19-8)21(17,18)4-3-9(12)10(13)14/h5-7H,3-4H2,1-2H3/b16-6+. The molecule has 0 spiro atoms. The molecule has 0 aliphatic rings. The van der Waals surface area contributed by atoms with Crippen LogP contribution in [-0.2, 0) is 14.7 Å². The van der Waals surface area contributed by atoms with Crippen molar-refractivity contribution in [3.8, 4) is 0 Å². The number of hydrogen-bond donors (Lipinski definition) is 0. The molecule has 21 heavy (non-hydrogen) atoms. The Balaban J connectivity index is 2.75. The molecule has 10 heteroatoms. The van der Waals surface area contributed by atoms with Crippen LogP contribution in [0.4, 0.5) is 13.2 Å². The van der Waals surface area contributed by atoms with Crippen LogP contribution < -0.4 is 0 Å². The summed E-state index contributed by atoms with van der Waals surface area (Å²) in [4.78, 5) is 8.32. The van der Waals surface area contributed by atoms with Crippen LogP contribution in [0.1, 0.15) is 26.0 Å². The molecule has 0 unspecified atom stereocenters. The second-order valence-electron chi connectivity index (χ2n) is 4.15. The number of rotatable bonds is 7. The second-order valence-corrected chi connectivity index (χ2v) is 6.14. The second kappa shape index (κ2) is 7.25. The number of halogens is 3. The fourth-order valence-electron chi connectivity index (χ4n) is 1.08. The summed E-state index contributed by atoms with van der Waals surface area (Å²) in [5.74, 6) is -2.66. The molecule has 0 saturated carbocycles. The van der Waals surface area contributed by atoms with Crippen LogP contribution in [0, 0.1) is 0 Å². The van der Waals surface area contributed by atoms with Gasteiger partial charge in [0.25, 0.3) is 0 Å². The summed E-state index contributed by atoms with van der Waals surface area (Å²) < 4.78 is 64.5. The van der Waals surface area contributed by atoms with Crippen LogP contribution in [0.3, 0.4) is 0 Å². The Morgan fingerprint density at radius 2 is 2.14 bits per heavy atom. The third-order valence-corrected chi connectivity index (χ3v) is 3.48. The predicted molar refractivity (Wildman–Crippen MR) is 67.3 cm³/mol. The Bertz CT molecular complexity index is 634. The molecule has 1 aromatic heterocycles. The van der Waals surface area contributed by atoms with Crippen molar-refractivity contribution in [1.82, 2.24) is 4.98 Å². The molecule has 1 aromatic rings. The van der Waals surface area contributed by atoms with Crippen LogP contribution in [0.15, 0.2) is 32.9 Å². The van der Waals surface area contributed by atoms with E-state index in [1.807, 2.05) is 0 Å². The zero-order valence-electron chi connectivity index (χ0n) is 11.2. The first-order chi connectivity index (χ1) is 9.72. The maximum atomic E-state index is 12.6. The van der Waals surface area contributed by atoms with Gasteiger partial charge in [-0.15, -0.1) is 0 Å². The molecular formula is C11H13F3N2O4S. The summed E-state index contributed by atoms with van der Waals surface area (Å²) >= 11 is 0. The van der Waals surface area contributed by atoms with Crippen molar-refractivity contribution < 1.29 is 30.8 Å². The molecule has 118 valence electrons. The largest absolute Gasteiger partial charge is 0.427 e. The van der Waals surface area contributed by atoms with Crippen molar-refractivity contribution in [1.29, 1.82) is 0 Å². The summed E-state index contributed by atoms with van der Waals surface area (Å²) in [5.41, 5.74) is 0. The summed E-state index contributed by atoms with van der Waals surface area (Å²) in [6.45, 7) is 3.47. The highest BCUT2D eigenvalue weighted by Crippen LogP contribution is 2.18. The SMILES string of the molecule is CC(C)O/N=C/c1cnc(S(=O)(=O)CCC(F)=C(F)F)o1. The molecule has 0 aliphatic heterocycles. The number of sulfone groups is 1. The van der Waals surface area contributed by atoms with E-state index >= 15 is 0 Å². The van der Waals surface area contributed by atoms with Gasteiger partial charge in [0.15, 0.2) is 11.6 Å². The zero-order valence-corrected chi connectivity index (χ0v) is 12.0. The topological polar surface area (TPSA) is 81.8 Å². The van der Waals surface area contributed by atoms with Gasteiger partial charge in [0.2, 0.25) is 9.84 Å².